The van der Waals surface area contributed by atoms with Crippen molar-refractivity contribution < 1.29 is 41.8 Å². The molecule has 0 aliphatic rings. The number of aromatic nitrogens is 3. The third-order valence-corrected chi connectivity index (χ3v) is 5.71. The third kappa shape index (κ3) is 9.21. The molecule has 0 saturated carbocycles. The highest BCUT2D eigenvalue weighted by Crippen LogP contribution is 2.39. The fraction of sp³-hybridized carbons (Fsp3) is 0.464. The minimum absolute atomic E-state index is 0.0160. The van der Waals surface area contributed by atoms with Gasteiger partial charge in [-0.15, -0.1) is 13.2 Å². The average molecular weight is 628 g/mol. The lowest BCUT2D eigenvalue weighted by atomic mass is 10.1. The quantitative estimate of drug-likeness (QED) is 0.318. The molecule has 0 spiro atoms. The zero-order valence-electron chi connectivity index (χ0n) is 24.9. The van der Waals surface area contributed by atoms with Gasteiger partial charge in [0, 0.05) is 11.9 Å². The second-order valence-corrected chi connectivity index (χ2v) is 12.6. The molecule has 0 aliphatic heterocycles. The number of alkyl carbamates (subject to hydrolysis) is 1. The molecular weight excluding hydrogens is 595 g/mol. The monoisotopic (exact) mass is 627 g/mol. The fourth-order valence-electron chi connectivity index (χ4n) is 3.76. The first-order valence-electron chi connectivity index (χ1n) is 13.0. The molecule has 0 unspecified atom stereocenters. The number of ether oxygens (including phenoxy) is 3. The molecule has 11 nitrogen and oxygen atoms in total. The molecule has 0 bridgehead atoms. The maximum Gasteiger partial charge on any atom is 0.573 e. The predicted molar refractivity (Wildman–Crippen MR) is 152 cm³/mol. The van der Waals surface area contributed by atoms with Crippen LogP contribution in [0.2, 0.25) is 5.02 Å². The fourth-order valence-corrected chi connectivity index (χ4v) is 4.09. The van der Waals surface area contributed by atoms with Crippen LogP contribution >= 0.6 is 11.6 Å². The molecule has 0 atom stereocenters. The standard InChI is InChI=1S/C28H33ClF3N5O6/c1-25(2,3)42-23(39)36-27(7,8)14-34-22(38)18-13-33-12-17(35-18)21-20(29)16-11-15(41-28(30,31)32)9-10-19(16)37(21)24(40)43-26(4,5)6/h9-13H,14H2,1-8H3,(H,34,38)(H,36,39). The van der Waals surface area contributed by atoms with Crippen molar-refractivity contribution in [3.05, 3.63) is 41.3 Å². The average Bonchev–Trinajstić information content (AvgIpc) is 3.11. The predicted octanol–water partition coefficient (Wildman–Crippen LogP) is 6.47. The molecular formula is C28H33ClF3N5O6. The van der Waals surface area contributed by atoms with Crippen molar-refractivity contribution in [3.63, 3.8) is 0 Å². The number of halogens is 4. The number of nitrogens with zero attached hydrogens (tertiary/aromatic N) is 3. The molecule has 3 rings (SSSR count). The largest absolute Gasteiger partial charge is 0.573 e. The van der Waals surface area contributed by atoms with Gasteiger partial charge < -0.3 is 24.8 Å². The first-order valence-corrected chi connectivity index (χ1v) is 13.4. The highest BCUT2D eigenvalue weighted by molar-refractivity contribution is 6.39. The molecule has 0 fully saturated rings. The number of hydrogen-bond acceptors (Lipinski definition) is 8. The van der Waals surface area contributed by atoms with E-state index in [2.05, 4.69) is 25.3 Å². The molecule has 0 aliphatic carbocycles. The summed E-state index contributed by atoms with van der Waals surface area (Å²) < 4.78 is 54.4. The number of carbonyl (C=O) groups is 3. The van der Waals surface area contributed by atoms with E-state index in [1.54, 1.807) is 55.4 Å². The van der Waals surface area contributed by atoms with Crippen LogP contribution in [0.15, 0.2) is 30.6 Å². The first kappa shape index (κ1) is 33.4. The van der Waals surface area contributed by atoms with Gasteiger partial charge in [-0.05, 0) is 73.6 Å². The summed E-state index contributed by atoms with van der Waals surface area (Å²) in [5.74, 6) is -1.22. The van der Waals surface area contributed by atoms with E-state index < -0.39 is 46.9 Å². The topological polar surface area (TPSA) is 134 Å². The molecule has 0 saturated heterocycles. The van der Waals surface area contributed by atoms with Crippen LogP contribution in [0, 0.1) is 0 Å². The lowest BCUT2D eigenvalue weighted by molar-refractivity contribution is -0.274. The van der Waals surface area contributed by atoms with Gasteiger partial charge in [-0.2, -0.15) is 0 Å². The summed E-state index contributed by atoms with van der Waals surface area (Å²) in [6.45, 7) is 13.4. The second-order valence-electron chi connectivity index (χ2n) is 12.2. The van der Waals surface area contributed by atoms with Crippen molar-refractivity contribution in [3.8, 4) is 17.1 Å². The Morgan fingerprint density at radius 1 is 0.953 bits per heavy atom. The maximum atomic E-state index is 13.3. The van der Waals surface area contributed by atoms with Crippen LogP contribution in [0.25, 0.3) is 22.3 Å². The maximum absolute atomic E-state index is 13.3. The van der Waals surface area contributed by atoms with Crippen molar-refractivity contribution in [1.82, 2.24) is 25.2 Å². The number of benzene rings is 1. The number of hydrogen-bond donors (Lipinski definition) is 2. The Morgan fingerprint density at radius 3 is 2.16 bits per heavy atom. The molecule has 1 aromatic carbocycles. The summed E-state index contributed by atoms with van der Waals surface area (Å²) in [6.07, 6.45) is -4.10. The summed E-state index contributed by atoms with van der Waals surface area (Å²) >= 11 is 6.62. The SMILES string of the molecule is CC(C)(CNC(=O)c1cncc(-c2c(Cl)c3cc(OC(F)(F)F)ccc3n2C(=O)OC(C)(C)C)n1)NC(=O)OC(C)(C)C. The zero-order chi connectivity index (χ0) is 32.5. The van der Waals surface area contributed by atoms with Crippen LogP contribution in [0.1, 0.15) is 65.9 Å². The minimum atomic E-state index is -4.96. The molecule has 2 amide bonds. The molecule has 0 radical (unpaired) electrons. The number of rotatable bonds is 6. The van der Waals surface area contributed by atoms with E-state index in [1.165, 1.54) is 18.5 Å². The third-order valence-electron chi connectivity index (χ3n) is 5.33. The van der Waals surface area contributed by atoms with E-state index in [-0.39, 0.29) is 39.6 Å². The van der Waals surface area contributed by atoms with Crippen LogP contribution in [0.4, 0.5) is 22.8 Å². The molecule has 43 heavy (non-hydrogen) atoms. The van der Waals surface area contributed by atoms with E-state index in [4.69, 9.17) is 21.1 Å². The Balaban J connectivity index is 1.99. The number of nitrogens with one attached hydrogen (secondary N) is 2. The Bertz CT molecular complexity index is 1540. The van der Waals surface area contributed by atoms with Gasteiger partial charge in [0.1, 0.15) is 28.3 Å². The smallest absolute Gasteiger partial charge is 0.444 e. The van der Waals surface area contributed by atoms with Gasteiger partial charge >= 0.3 is 18.5 Å². The summed E-state index contributed by atoms with van der Waals surface area (Å²) in [5.41, 5.74) is -2.72. The second kappa shape index (κ2) is 11.9. The number of alkyl halides is 3. The van der Waals surface area contributed by atoms with Gasteiger partial charge in [0.25, 0.3) is 5.91 Å². The van der Waals surface area contributed by atoms with E-state index in [1.807, 2.05) is 0 Å². The molecule has 2 N–H and O–H groups in total. The van der Waals surface area contributed by atoms with Gasteiger partial charge in [0.2, 0.25) is 0 Å². The molecule has 3 aromatic rings. The summed E-state index contributed by atoms with van der Waals surface area (Å²) in [7, 11) is 0. The van der Waals surface area contributed by atoms with Gasteiger partial charge in [0.15, 0.2) is 0 Å². The van der Waals surface area contributed by atoms with Crippen molar-refractivity contribution in [2.24, 2.45) is 0 Å². The Kier molecular flexibility index (Phi) is 9.25. The summed E-state index contributed by atoms with van der Waals surface area (Å²) in [5, 5.41) is 5.22. The molecule has 234 valence electrons. The van der Waals surface area contributed by atoms with Crippen LogP contribution in [-0.4, -0.2) is 62.3 Å². The summed E-state index contributed by atoms with van der Waals surface area (Å²) in [4.78, 5) is 46.9. The normalized spacial score (nSPS) is 12.6. The van der Waals surface area contributed by atoms with Crippen molar-refractivity contribution in [2.75, 3.05) is 6.54 Å². The van der Waals surface area contributed by atoms with Crippen LogP contribution < -0.4 is 15.4 Å². The lowest BCUT2D eigenvalue weighted by Gasteiger charge is -2.28. The first-order chi connectivity index (χ1) is 19.6. The van der Waals surface area contributed by atoms with Crippen molar-refractivity contribution in [1.29, 1.82) is 0 Å². The van der Waals surface area contributed by atoms with Gasteiger partial charge in [-0.25, -0.2) is 19.1 Å². The van der Waals surface area contributed by atoms with E-state index in [9.17, 15) is 27.6 Å². The van der Waals surface area contributed by atoms with E-state index in [0.717, 1.165) is 16.7 Å². The van der Waals surface area contributed by atoms with Gasteiger partial charge in [-0.1, -0.05) is 11.6 Å². The number of fused-ring (bicyclic) bond motifs is 1. The zero-order valence-corrected chi connectivity index (χ0v) is 25.7. The van der Waals surface area contributed by atoms with E-state index in [0.29, 0.717) is 0 Å². The lowest BCUT2D eigenvalue weighted by Crippen LogP contribution is -2.52. The highest BCUT2D eigenvalue weighted by atomic mass is 35.5. The number of carbonyl (C=O) groups excluding carboxylic acids is 3. The number of amides is 2. The van der Waals surface area contributed by atoms with Crippen LogP contribution in [0.3, 0.4) is 0 Å². The minimum Gasteiger partial charge on any atom is -0.444 e. The molecule has 15 heteroatoms. The summed E-state index contributed by atoms with van der Waals surface area (Å²) in [6, 6.07) is 3.28. The van der Waals surface area contributed by atoms with Crippen molar-refractivity contribution in [2.45, 2.75) is 78.5 Å². The Hall–Kier alpha value is -4.07. The van der Waals surface area contributed by atoms with Crippen molar-refractivity contribution >= 4 is 40.6 Å². The molecule has 2 heterocycles. The Morgan fingerprint density at radius 2 is 1.58 bits per heavy atom. The molecule has 2 aromatic heterocycles. The highest BCUT2D eigenvalue weighted by Gasteiger charge is 2.33. The van der Waals surface area contributed by atoms with Crippen LogP contribution in [-0.2, 0) is 9.47 Å². The van der Waals surface area contributed by atoms with Gasteiger partial charge in [-0.3, -0.25) is 9.78 Å². The Labute approximate surface area is 251 Å². The van der Waals surface area contributed by atoms with Crippen LogP contribution in [0.5, 0.6) is 5.75 Å². The van der Waals surface area contributed by atoms with Gasteiger partial charge in [0.05, 0.1) is 34.2 Å². The van der Waals surface area contributed by atoms with E-state index >= 15 is 0 Å².